The van der Waals surface area contributed by atoms with E-state index in [9.17, 15) is 13.6 Å². The van der Waals surface area contributed by atoms with Crippen molar-refractivity contribution in [2.45, 2.75) is 12.3 Å². The smallest absolute Gasteiger partial charge is 0.410 e. The van der Waals surface area contributed by atoms with E-state index in [0.29, 0.717) is 17.0 Å². The van der Waals surface area contributed by atoms with Crippen molar-refractivity contribution in [1.29, 1.82) is 0 Å². The highest BCUT2D eigenvalue weighted by atomic mass is 19.1. The molecule has 1 aliphatic heterocycles. The van der Waals surface area contributed by atoms with Gasteiger partial charge in [0, 0.05) is 25.3 Å². The Labute approximate surface area is 185 Å². The van der Waals surface area contributed by atoms with Crippen LogP contribution < -0.4 is 10.1 Å². The van der Waals surface area contributed by atoms with Crippen molar-refractivity contribution < 1.29 is 23.0 Å². The van der Waals surface area contributed by atoms with Crippen molar-refractivity contribution in [2.75, 3.05) is 32.7 Å². The van der Waals surface area contributed by atoms with E-state index in [-0.39, 0.29) is 25.0 Å². The van der Waals surface area contributed by atoms with Gasteiger partial charge in [0.1, 0.15) is 24.1 Å². The normalized spacial score (nSPS) is 17.7. The molecule has 4 rings (SSSR count). The number of nitrogens with one attached hydrogen (secondary N) is 1. The molecule has 32 heavy (non-hydrogen) atoms. The monoisotopic (exact) mass is 438 g/mol. The van der Waals surface area contributed by atoms with Crippen LogP contribution in [0.25, 0.3) is 0 Å². The van der Waals surface area contributed by atoms with Crippen LogP contribution in [0.3, 0.4) is 0 Å². The summed E-state index contributed by atoms with van der Waals surface area (Å²) in [5.74, 6) is -0.278. The molecule has 1 N–H and O–H groups in total. The summed E-state index contributed by atoms with van der Waals surface area (Å²) in [6, 6.07) is 16.5. The first kappa shape index (κ1) is 21.8. The lowest BCUT2D eigenvalue weighted by Crippen LogP contribution is -2.34. The fraction of sp³-hybridized carbons (Fsp3) is 0.240. The van der Waals surface area contributed by atoms with Crippen molar-refractivity contribution in [3.63, 3.8) is 0 Å². The van der Waals surface area contributed by atoms with E-state index in [1.54, 1.807) is 51.4 Å². The summed E-state index contributed by atoms with van der Waals surface area (Å²) >= 11 is 0. The van der Waals surface area contributed by atoms with Gasteiger partial charge >= 0.3 is 6.09 Å². The van der Waals surface area contributed by atoms with E-state index in [0.717, 1.165) is 16.7 Å². The SMILES string of the molecule is Cc1c(F)ccc2c1NCOCC2(c1ccc(F)cc1)c1ccc(OC(=O)N(C)C)cc1. The molecule has 0 spiro atoms. The van der Waals surface area contributed by atoms with Gasteiger partial charge in [-0.3, -0.25) is 0 Å². The fourth-order valence-electron chi connectivity index (χ4n) is 4.05. The molecule has 166 valence electrons. The van der Waals surface area contributed by atoms with Crippen LogP contribution in [-0.2, 0) is 10.2 Å². The largest absolute Gasteiger partial charge is 0.414 e. The molecular formula is C25H24F2N2O3. The average Bonchev–Trinajstić information content (AvgIpc) is 2.98. The number of ether oxygens (including phenoxy) is 2. The van der Waals surface area contributed by atoms with Gasteiger partial charge in [-0.05, 0) is 53.9 Å². The Bertz CT molecular complexity index is 1130. The second kappa shape index (κ2) is 8.59. The Morgan fingerprint density at radius 2 is 1.62 bits per heavy atom. The van der Waals surface area contributed by atoms with Crippen LogP contribution in [-0.4, -0.2) is 38.4 Å². The third-order valence-electron chi connectivity index (χ3n) is 5.78. The second-order valence-corrected chi connectivity index (χ2v) is 7.96. The van der Waals surface area contributed by atoms with Gasteiger partial charge in [0.25, 0.3) is 0 Å². The van der Waals surface area contributed by atoms with Crippen molar-refractivity contribution in [2.24, 2.45) is 0 Å². The minimum atomic E-state index is -0.838. The highest BCUT2D eigenvalue weighted by Crippen LogP contribution is 2.45. The number of halogens is 2. The Morgan fingerprint density at radius 3 is 2.25 bits per heavy atom. The lowest BCUT2D eigenvalue weighted by molar-refractivity contribution is 0.129. The quantitative estimate of drug-likeness (QED) is 0.621. The number of anilines is 1. The molecule has 0 saturated heterocycles. The number of benzene rings is 3. The van der Waals surface area contributed by atoms with E-state index in [2.05, 4.69) is 5.32 Å². The van der Waals surface area contributed by atoms with Crippen LogP contribution in [0.5, 0.6) is 5.75 Å². The molecule has 1 atom stereocenters. The molecule has 0 aromatic heterocycles. The number of hydrogen-bond donors (Lipinski definition) is 1. The van der Waals surface area contributed by atoms with Crippen LogP contribution in [0.1, 0.15) is 22.3 Å². The Hall–Kier alpha value is -3.45. The van der Waals surface area contributed by atoms with E-state index < -0.39 is 11.5 Å². The topological polar surface area (TPSA) is 50.8 Å². The zero-order valence-electron chi connectivity index (χ0n) is 18.1. The summed E-state index contributed by atoms with van der Waals surface area (Å²) in [6.45, 7) is 2.17. The lowest BCUT2D eigenvalue weighted by atomic mass is 9.69. The molecule has 3 aromatic rings. The highest BCUT2D eigenvalue weighted by molar-refractivity contribution is 5.70. The first-order chi connectivity index (χ1) is 15.3. The van der Waals surface area contributed by atoms with Crippen LogP contribution in [0, 0.1) is 18.6 Å². The zero-order chi connectivity index (χ0) is 22.9. The Kier molecular flexibility index (Phi) is 5.84. The first-order valence-electron chi connectivity index (χ1n) is 10.2. The molecule has 5 nitrogen and oxygen atoms in total. The van der Waals surface area contributed by atoms with Crippen LogP contribution in [0.4, 0.5) is 19.3 Å². The van der Waals surface area contributed by atoms with Crippen molar-refractivity contribution in [3.05, 3.63) is 94.6 Å². The number of carbonyl (C=O) groups excluding carboxylic acids is 1. The summed E-state index contributed by atoms with van der Waals surface area (Å²) in [6.07, 6.45) is -0.482. The molecule has 1 heterocycles. The molecule has 0 saturated carbocycles. The summed E-state index contributed by atoms with van der Waals surface area (Å²) < 4.78 is 39.5. The van der Waals surface area contributed by atoms with Gasteiger partial charge in [-0.2, -0.15) is 0 Å². The molecule has 7 heteroatoms. The number of amides is 1. The first-order valence-corrected chi connectivity index (χ1v) is 10.2. The molecule has 0 bridgehead atoms. The van der Waals surface area contributed by atoms with Crippen LogP contribution in [0.15, 0.2) is 60.7 Å². The maximum absolute atomic E-state index is 14.4. The number of carbonyl (C=O) groups is 1. The maximum atomic E-state index is 14.4. The minimum absolute atomic E-state index is 0.207. The standard InChI is InChI=1S/C25H24F2N2O3/c1-16-22(27)13-12-21-23(16)28-15-31-14-25(21,17-4-8-19(26)9-5-17)18-6-10-20(11-7-18)32-24(30)29(2)3/h4-13,28H,14-15H2,1-3H3. The molecule has 1 amide bonds. The number of fused-ring (bicyclic) bond motifs is 1. The van der Waals surface area contributed by atoms with Gasteiger partial charge < -0.3 is 19.7 Å². The summed E-state index contributed by atoms with van der Waals surface area (Å²) in [7, 11) is 3.21. The number of hydrogen-bond acceptors (Lipinski definition) is 4. The molecule has 1 unspecified atom stereocenters. The average molecular weight is 438 g/mol. The Balaban J connectivity index is 1.91. The number of nitrogens with zero attached hydrogens (tertiary/aromatic N) is 1. The van der Waals surface area contributed by atoms with Gasteiger partial charge in [0.15, 0.2) is 0 Å². The molecule has 0 aliphatic carbocycles. The molecular weight excluding hydrogens is 414 g/mol. The molecule has 3 aromatic carbocycles. The predicted octanol–water partition coefficient (Wildman–Crippen LogP) is 5.07. The summed E-state index contributed by atoms with van der Waals surface area (Å²) in [5.41, 5.74) is 2.75. The number of rotatable bonds is 3. The van der Waals surface area contributed by atoms with Crippen LogP contribution >= 0.6 is 0 Å². The van der Waals surface area contributed by atoms with Crippen LogP contribution in [0.2, 0.25) is 0 Å². The maximum Gasteiger partial charge on any atom is 0.414 e. The minimum Gasteiger partial charge on any atom is -0.410 e. The van der Waals surface area contributed by atoms with E-state index >= 15 is 0 Å². The van der Waals surface area contributed by atoms with Crippen molar-refractivity contribution in [1.82, 2.24) is 4.90 Å². The van der Waals surface area contributed by atoms with Gasteiger partial charge in [0.2, 0.25) is 0 Å². The fourth-order valence-corrected chi connectivity index (χ4v) is 4.05. The third kappa shape index (κ3) is 3.80. The predicted molar refractivity (Wildman–Crippen MR) is 118 cm³/mol. The highest BCUT2D eigenvalue weighted by Gasteiger charge is 2.41. The van der Waals surface area contributed by atoms with Gasteiger partial charge in [-0.25, -0.2) is 13.6 Å². The summed E-state index contributed by atoms with van der Waals surface area (Å²) in [5, 5.41) is 3.18. The van der Waals surface area contributed by atoms with Gasteiger partial charge in [0.05, 0.1) is 12.0 Å². The third-order valence-corrected chi connectivity index (χ3v) is 5.78. The Morgan fingerprint density at radius 1 is 1.00 bits per heavy atom. The van der Waals surface area contributed by atoms with Crippen molar-refractivity contribution >= 4 is 11.8 Å². The molecule has 0 radical (unpaired) electrons. The molecule has 1 aliphatic rings. The van der Waals surface area contributed by atoms with E-state index in [4.69, 9.17) is 9.47 Å². The molecule has 0 fully saturated rings. The van der Waals surface area contributed by atoms with E-state index in [1.807, 2.05) is 12.1 Å². The van der Waals surface area contributed by atoms with Crippen molar-refractivity contribution in [3.8, 4) is 5.75 Å². The van der Waals surface area contributed by atoms with Gasteiger partial charge in [-0.1, -0.05) is 30.3 Å². The van der Waals surface area contributed by atoms with E-state index in [1.165, 1.54) is 23.1 Å². The van der Waals surface area contributed by atoms with Gasteiger partial charge in [-0.15, -0.1) is 0 Å². The summed E-state index contributed by atoms with van der Waals surface area (Å²) in [4.78, 5) is 13.2. The second-order valence-electron chi connectivity index (χ2n) is 7.96. The lowest BCUT2D eigenvalue weighted by Gasteiger charge is -2.35. The zero-order valence-corrected chi connectivity index (χ0v) is 18.1.